The Morgan fingerprint density at radius 2 is 1.85 bits per heavy atom. The number of aliphatic imine (C=N–C) groups is 1. The number of halogens is 1. The molecule has 0 radical (unpaired) electrons. The van der Waals surface area contributed by atoms with Crippen LogP contribution in [-0.2, 0) is 4.79 Å². The van der Waals surface area contributed by atoms with Crippen LogP contribution in [-0.4, -0.2) is 22.3 Å². The van der Waals surface area contributed by atoms with Gasteiger partial charge in [-0.25, -0.2) is 4.99 Å². The highest BCUT2D eigenvalue weighted by Gasteiger charge is 2.12. The van der Waals surface area contributed by atoms with E-state index in [9.17, 15) is 19.7 Å². The standard InChI is InChI=1S/C13H7BrN2O4/c14-11-7-9(3-6-12(11)17)15-13(18)8-1-4-10(5-2-8)16(19)20/h1-7H. The second-order valence-electron chi connectivity index (χ2n) is 3.84. The number of non-ortho nitro benzene ring substituents is 1. The van der Waals surface area contributed by atoms with E-state index >= 15 is 0 Å². The average molecular weight is 335 g/mol. The highest BCUT2D eigenvalue weighted by Crippen LogP contribution is 2.15. The van der Waals surface area contributed by atoms with E-state index in [4.69, 9.17) is 0 Å². The van der Waals surface area contributed by atoms with Crippen LogP contribution in [0.15, 0.2) is 52.0 Å². The van der Waals surface area contributed by atoms with Crippen molar-refractivity contribution in [2.45, 2.75) is 0 Å². The van der Waals surface area contributed by atoms with E-state index in [1.54, 1.807) is 0 Å². The second-order valence-corrected chi connectivity index (χ2v) is 4.69. The maximum Gasteiger partial charge on any atom is 0.277 e. The minimum Gasteiger partial charge on any atom is -0.289 e. The number of carbonyl (C=O) groups is 2. The Balaban J connectivity index is 2.22. The van der Waals surface area contributed by atoms with Crippen molar-refractivity contribution in [3.63, 3.8) is 0 Å². The summed E-state index contributed by atoms with van der Waals surface area (Å²) in [6.45, 7) is 0. The predicted molar refractivity (Wildman–Crippen MR) is 76.0 cm³/mol. The van der Waals surface area contributed by atoms with Crippen molar-refractivity contribution >= 4 is 39.0 Å². The molecule has 0 fully saturated rings. The number of nitro groups is 1. The lowest BCUT2D eigenvalue weighted by Gasteiger charge is -2.02. The molecule has 1 aliphatic carbocycles. The minimum atomic E-state index is -0.546. The van der Waals surface area contributed by atoms with Crippen molar-refractivity contribution in [1.82, 2.24) is 0 Å². The molecule has 0 unspecified atom stereocenters. The summed E-state index contributed by atoms with van der Waals surface area (Å²) in [7, 11) is 0. The zero-order valence-corrected chi connectivity index (χ0v) is 11.5. The number of rotatable bonds is 2. The summed E-state index contributed by atoms with van der Waals surface area (Å²) < 4.78 is 0.315. The van der Waals surface area contributed by atoms with Crippen molar-refractivity contribution in [1.29, 1.82) is 0 Å². The zero-order chi connectivity index (χ0) is 14.7. The Labute approximate surface area is 121 Å². The normalized spacial score (nSPS) is 16.1. The largest absolute Gasteiger partial charge is 0.289 e. The van der Waals surface area contributed by atoms with Crippen LogP contribution in [0.4, 0.5) is 5.69 Å². The first kappa shape index (κ1) is 14.0. The number of hydrogen-bond donors (Lipinski definition) is 0. The van der Waals surface area contributed by atoms with Gasteiger partial charge in [0.1, 0.15) is 0 Å². The van der Waals surface area contributed by atoms with Gasteiger partial charge in [-0.2, -0.15) is 0 Å². The molecule has 0 atom stereocenters. The van der Waals surface area contributed by atoms with E-state index in [0.29, 0.717) is 10.2 Å². The molecule has 2 rings (SSSR count). The Bertz CT molecular complexity index is 687. The van der Waals surface area contributed by atoms with Crippen LogP contribution in [0.1, 0.15) is 10.4 Å². The van der Waals surface area contributed by atoms with Gasteiger partial charge < -0.3 is 0 Å². The number of carbonyl (C=O) groups excluding carboxylic acids is 2. The molecule has 100 valence electrons. The number of benzene rings is 1. The molecule has 7 heteroatoms. The van der Waals surface area contributed by atoms with E-state index in [1.165, 1.54) is 42.5 Å². The fraction of sp³-hybridized carbons (Fsp3) is 0. The summed E-state index contributed by atoms with van der Waals surface area (Å²) in [6.07, 6.45) is 4.16. The van der Waals surface area contributed by atoms with Crippen molar-refractivity contribution in [2.24, 2.45) is 4.99 Å². The van der Waals surface area contributed by atoms with Crippen LogP contribution in [0.5, 0.6) is 0 Å². The first-order valence-corrected chi connectivity index (χ1v) is 6.24. The van der Waals surface area contributed by atoms with Gasteiger partial charge in [0.2, 0.25) is 0 Å². The van der Waals surface area contributed by atoms with Gasteiger partial charge >= 0.3 is 0 Å². The fourth-order valence-electron chi connectivity index (χ4n) is 1.47. The van der Waals surface area contributed by atoms with E-state index in [2.05, 4.69) is 20.9 Å². The average Bonchev–Trinajstić information content (AvgIpc) is 2.43. The molecular weight excluding hydrogens is 328 g/mol. The molecule has 0 spiro atoms. The van der Waals surface area contributed by atoms with Gasteiger partial charge in [-0.1, -0.05) is 0 Å². The van der Waals surface area contributed by atoms with Crippen LogP contribution in [0.3, 0.4) is 0 Å². The molecular formula is C13H7BrN2O4. The number of amides is 1. The third kappa shape index (κ3) is 3.12. The molecule has 0 aliphatic heterocycles. The Morgan fingerprint density at radius 1 is 1.20 bits per heavy atom. The van der Waals surface area contributed by atoms with Gasteiger partial charge in [-0.3, -0.25) is 19.7 Å². The first-order chi connectivity index (χ1) is 9.47. The molecule has 1 aromatic carbocycles. The van der Waals surface area contributed by atoms with Crippen LogP contribution in [0.25, 0.3) is 0 Å². The molecule has 1 aromatic rings. The van der Waals surface area contributed by atoms with Gasteiger partial charge in [0.25, 0.3) is 11.6 Å². The van der Waals surface area contributed by atoms with Crippen molar-refractivity contribution in [3.05, 3.63) is 62.7 Å². The number of ketones is 1. The van der Waals surface area contributed by atoms with E-state index in [1.807, 2.05) is 0 Å². The van der Waals surface area contributed by atoms with Crippen LogP contribution in [0, 0.1) is 10.1 Å². The lowest BCUT2D eigenvalue weighted by atomic mass is 10.1. The number of nitro benzene ring substituents is 1. The molecule has 20 heavy (non-hydrogen) atoms. The molecule has 0 saturated heterocycles. The summed E-state index contributed by atoms with van der Waals surface area (Å²) in [5, 5.41) is 10.5. The smallest absolute Gasteiger partial charge is 0.277 e. The summed E-state index contributed by atoms with van der Waals surface area (Å²) in [5.41, 5.74) is 0.470. The number of nitrogens with zero attached hydrogens (tertiary/aromatic N) is 2. The molecule has 0 saturated carbocycles. The van der Waals surface area contributed by atoms with Crippen molar-refractivity contribution in [2.75, 3.05) is 0 Å². The summed E-state index contributed by atoms with van der Waals surface area (Å²) in [4.78, 5) is 36.8. The topological polar surface area (TPSA) is 89.6 Å². The van der Waals surface area contributed by atoms with E-state index < -0.39 is 10.8 Å². The van der Waals surface area contributed by atoms with Gasteiger partial charge in [-0.05, 0) is 46.3 Å². The zero-order valence-electron chi connectivity index (χ0n) is 9.95. The second kappa shape index (κ2) is 5.70. The van der Waals surface area contributed by atoms with Gasteiger partial charge in [-0.15, -0.1) is 0 Å². The van der Waals surface area contributed by atoms with Crippen molar-refractivity contribution in [3.8, 4) is 0 Å². The Hall–Kier alpha value is -2.41. The van der Waals surface area contributed by atoms with E-state index in [-0.39, 0.29) is 17.0 Å². The van der Waals surface area contributed by atoms with Gasteiger partial charge in [0.15, 0.2) is 5.78 Å². The molecule has 0 N–H and O–H groups in total. The third-order valence-corrected chi connectivity index (χ3v) is 3.09. The SMILES string of the molecule is O=C1C=CC(=NC(=O)c2ccc([N+](=O)[O-])cc2)C=C1Br. The highest BCUT2D eigenvalue weighted by molar-refractivity contribution is 9.12. The molecule has 0 aromatic heterocycles. The predicted octanol–water partition coefficient (Wildman–Crippen LogP) is 2.59. The third-order valence-electron chi connectivity index (χ3n) is 2.47. The monoisotopic (exact) mass is 334 g/mol. The van der Waals surface area contributed by atoms with Crippen LogP contribution in [0.2, 0.25) is 0 Å². The number of allylic oxidation sites excluding steroid dienone is 4. The molecule has 1 amide bonds. The quantitative estimate of drug-likeness (QED) is 0.472. The minimum absolute atomic E-state index is 0.0972. The summed E-state index contributed by atoms with van der Waals surface area (Å²) in [6, 6.07) is 5.14. The Morgan fingerprint density at radius 3 is 2.40 bits per heavy atom. The van der Waals surface area contributed by atoms with E-state index in [0.717, 1.165) is 0 Å². The summed E-state index contributed by atoms with van der Waals surface area (Å²) >= 11 is 3.06. The maximum atomic E-state index is 11.9. The van der Waals surface area contributed by atoms with Crippen LogP contribution >= 0.6 is 15.9 Å². The lowest BCUT2D eigenvalue weighted by molar-refractivity contribution is -0.384. The highest BCUT2D eigenvalue weighted by atomic mass is 79.9. The lowest BCUT2D eigenvalue weighted by Crippen LogP contribution is -2.06. The van der Waals surface area contributed by atoms with Crippen LogP contribution < -0.4 is 0 Å². The molecule has 6 nitrogen and oxygen atoms in total. The molecule has 1 aliphatic rings. The van der Waals surface area contributed by atoms with Gasteiger partial charge in [0.05, 0.1) is 15.1 Å². The number of hydrogen-bond acceptors (Lipinski definition) is 4. The molecule has 0 bridgehead atoms. The fourth-order valence-corrected chi connectivity index (χ4v) is 1.83. The Kier molecular flexibility index (Phi) is 3.99. The van der Waals surface area contributed by atoms with Crippen molar-refractivity contribution < 1.29 is 14.5 Å². The maximum absolute atomic E-state index is 11.9. The summed E-state index contributed by atoms with van der Waals surface area (Å²) in [5.74, 6) is -0.739. The molecule has 0 heterocycles. The van der Waals surface area contributed by atoms with Gasteiger partial charge in [0, 0.05) is 17.7 Å². The first-order valence-electron chi connectivity index (χ1n) is 5.44.